The van der Waals surface area contributed by atoms with Gasteiger partial charge in [0.1, 0.15) is 23.2 Å². The summed E-state index contributed by atoms with van der Waals surface area (Å²) < 4.78 is 25.2. The van der Waals surface area contributed by atoms with Crippen LogP contribution in [-0.4, -0.2) is 56.9 Å². The Hall–Kier alpha value is -1.63. The lowest BCUT2D eigenvalue weighted by Crippen LogP contribution is -2.48. The first-order valence-electron chi connectivity index (χ1n) is 8.05. The zero-order valence-corrected chi connectivity index (χ0v) is 18.9. The molecular formula is C17H18BrFINO7. The van der Waals surface area contributed by atoms with Crippen molar-refractivity contribution in [2.75, 3.05) is 6.54 Å². The number of carbonyl (C=O) groups is 3. The average molecular weight is 574 g/mol. The highest BCUT2D eigenvalue weighted by atomic mass is 127. The van der Waals surface area contributed by atoms with E-state index in [9.17, 15) is 29.0 Å². The second-order valence-corrected chi connectivity index (χ2v) is 9.26. The maximum Gasteiger partial charge on any atom is 0.411 e. The molecule has 1 amide bonds. The zero-order chi connectivity index (χ0) is 21.4. The molecule has 1 aromatic carbocycles. The third-order valence-electron chi connectivity index (χ3n) is 3.89. The molecule has 11 heteroatoms. The first kappa shape index (κ1) is 22.7. The zero-order valence-electron chi connectivity index (χ0n) is 15.2. The van der Waals surface area contributed by atoms with Crippen molar-refractivity contribution >= 4 is 56.6 Å². The molecule has 0 spiro atoms. The van der Waals surface area contributed by atoms with E-state index < -0.39 is 54.1 Å². The Morgan fingerprint density at radius 3 is 2.43 bits per heavy atom. The van der Waals surface area contributed by atoms with Gasteiger partial charge in [0, 0.05) is 10.9 Å². The van der Waals surface area contributed by atoms with Crippen molar-refractivity contribution < 1.29 is 38.5 Å². The monoisotopic (exact) mass is 573 g/mol. The number of aliphatic carboxylic acids is 2. The number of amides is 1. The van der Waals surface area contributed by atoms with E-state index in [4.69, 9.17) is 9.47 Å². The normalized spacial score (nSPS) is 22.1. The van der Waals surface area contributed by atoms with Crippen LogP contribution in [0.4, 0.5) is 9.18 Å². The molecule has 0 aromatic heterocycles. The van der Waals surface area contributed by atoms with E-state index in [0.717, 1.165) is 4.90 Å². The molecule has 8 nitrogen and oxygen atoms in total. The molecule has 2 N–H and O–H groups in total. The quantitative estimate of drug-likeness (QED) is 0.419. The van der Waals surface area contributed by atoms with Gasteiger partial charge in [0.25, 0.3) is 0 Å². The molecule has 1 aliphatic rings. The van der Waals surface area contributed by atoms with Gasteiger partial charge in [0.15, 0.2) is 0 Å². The van der Waals surface area contributed by atoms with E-state index in [1.807, 2.05) is 0 Å². The number of benzene rings is 1. The molecular weight excluding hydrogens is 556 g/mol. The van der Waals surface area contributed by atoms with E-state index in [0.29, 0.717) is 4.47 Å². The van der Waals surface area contributed by atoms with E-state index in [2.05, 4.69) is 15.9 Å². The Bertz CT molecular complexity index is 828. The van der Waals surface area contributed by atoms with Gasteiger partial charge < -0.3 is 19.7 Å². The van der Waals surface area contributed by atoms with Gasteiger partial charge in [-0.05, 0) is 55.5 Å². The minimum Gasteiger partial charge on any atom is -0.480 e. The number of nitrogens with zero attached hydrogens (tertiary/aromatic N) is 1. The Balaban J connectivity index is 2.43. The van der Waals surface area contributed by atoms with E-state index in [1.165, 1.54) is 12.1 Å². The average Bonchev–Trinajstić information content (AvgIpc) is 2.92. The summed E-state index contributed by atoms with van der Waals surface area (Å²) in [5, 5.41) is 19.3. The predicted octanol–water partition coefficient (Wildman–Crippen LogP) is 3.49. The smallest absolute Gasteiger partial charge is 0.411 e. The van der Waals surface area contributed by atoms with Crippen LogP contribution in [0.15, 0.2) is 16.6 Å². The minimum absolute atomic E-state index is 0.0315. The SMILES string of the molecule is CC(C)(C)OC(=O)N1C[C@@](Oc2cc(Br)cc(F)c2I)(C(=O)O)C[C@H]1C(=O)O. The maximum absolute atomic E-state index is 14.0. The second kappa shape index (κ2) is 8.01. The van der Waals surface area contributed by atoms with Gasteiger partial charge in [-0.1, -0.05) is 15.9 Å². The summed E-state index contributed by atoms with van der Waals surface area (Å²) in [5.41, 5.74) is -2.98. The third-order valence-corrected chi connectivity index (χ3v) is 5.40. The summed E-state index contributed by atoms with van der Waals surface area (Å²) >= 11 is 4.76. The van der Waals surface area contributed by atoms with Crippen molar-refractivity contribution in [3.63, 3.8) is 0 Å². The van der Waals surface area contributed by atoms with Crippen LogP contribution in [0.2, 0.25) is 0 Å². The summed E-state index contributed by atoms with van der Waals surface area (Å²) in [6, 6.07) is 1.09. The van der Waals surface area contributed by atoms with E-state index >= 15 is 0 Å². The molecule has 1 fully saturated rings. The van der Waals surface area contributed by atoms with Gasteiger partial charge in [-0.25, -0.2) is 18.8 Å². The lowest BCUT2D eigenvalue weighted by Gasteiger charge is -2.28. The van der Waals surface area contributed by atoms with Crippen molar-refractivity contribution in [2.24, 2.45) is 0 Å². The molecule has 154 valence electrons. The fourth-order valence-electron chi connectivity index (χ4n) is 2.70. The van der Waals surface area contributed by atoms with Crippen molar-refractivity contribution in [1.29, 1.82) is 0 Å². The van der Waals surface area contributed by atoms with Crippen LogP contribution in [0.25, 0.3) is 0 Å². The van der Waals surface area contributed by atoms with E-state index in [-0.39, 0.29) is 9.32 Å². The van der Waals surface area contributed by atoms with Gasteiger partial charge in [-0.2, -0.15) is 0 Å². The van der Waals surface area contributed by atoms with Crippen molar-refractivity contribution in [3.8, 4) is 5.75 Å². The lowest BCUT2D eigenvalue weighted by atomic mass is 10.00. The molecule has 0 radical (unpaired) electrons. The molecule has 0 aliphatic carbocycles. The molecule has 1 aliphatic heterocycles. The second-order valence-electron chi connectivity index (χ2n) is 7.27. The van der Waals surface area contributed by atoms with Crippen LogP contribution >= 0.6 is 38.5 Å². The number of hydrogen-bond donors (Lipinski definition) is 2. The number of hydrogen-bond acceptors (Lipinski definition) is 5. The predicted molar refractivity (Wildman–Crippen MR) is 107 cm³/mol. The van der Waals surface area contributed by atoms with E-state index in [1.54, 1.807) is 43.4 Å². The first-order chi connectivity index (χ1) is 12.8. The molecule has 0 saturated carbocycles. The highest BCUT2D eigenvalue weighted by molar-refractivity contribution is 14.1. The summed E-state index contributed by atoms with van der Waals surface area (Å²) in [5.74, 6) is -3.58. The van der Waals surface area contributed by atoms with Crippen molar-refractivity contribution in [1.82, 2.24) is 4.90 Å². The van der Waals surface area contributed by atoms with Crippen LogP contribution in [0, 0.1) is 9.39 Å². The molecule has 1 saturated heterocycles. The number of halogens is 3. The molecule has 1 aromatic rings. The molecule has 0 unspecified atom stereocenters. The third kappa shape index (κ3) is 4.85. The largest absolute Gasteiger partial charge is 0.480 e. The van der Waals surface area contributed by atoms with Gasteiger partial charge in [0.05, 0.1) is 10.1 Å². The van der Waals surface area contributed by atoms with Crippen LogP contribution in [-0.2, 0) is 14.3 Å². The summed E-state index contributed by atoms with van der Waals surface area (Å²) in [6.45, 7) is 4.23. The summed E-state index contributed by atoms with van der Waals surface area (Å²) in [4.78, 5) is 36.9. The number of rotatable bonds is 4. The van der Waals surface area contributed by atoms with Crippen LogP contribution in [0.3, 0.4) is 0 Å². The molecule has 1 heterocycles. The van der Waals surface area contributed by atoms with Gasteiger partial charge in [-0.15, -0.1) is 0 Å². The Morgan fingerprint density at radius 1 is 1.32 bits per heavy atom. The molecule has 0 bridgehead atoms. The van der Waals surface area contributed by atoms with Crippen molar-refractivity contribution in [3.05, 3.63) is 26.0 Å². The van der Waals surface area contributed by atoms with Crippen LogP contribution in [0.5, 0.6) is 5.75 Å². The Labute approximate surface area is 182 Å². The summed E-state index contributed by atoms with van der Waals surface area (Å²) in [7, 11) is 0. The van der Waals surface area contributed by atoms with Gasteiger partial charge in [0.2, 0.25) is 5.60 Å². The number of ether oxygens (including phenoxy) is 2. The van der Waals surface area contributed by atoms with Gasteiger partial charge >= 0.3 is 18.0 Å². The minimum atomic E-state index is -2.08. The summed E-state index contributed by atoms with van der Waals surface area (Å²) in [6.07, 6.45) is -1.50. The molecule has 2 rings (SSSR count). The van der Waals surface area contributed by atoms with Gasteiger partial charge in [-0.3, -0.25) is 4.90 Å². The fourth-order valence-corrected chi connectivity index (χ4v) is 3.53. The van der Waals surface area contributed by atoms with Crippen LogP contribution in [0.1, 0.15) is 27.2 Å². The first-order valence-corrected chi connectivity index (χ1v) is 9.92. The Kier molecular flexibility index (Phi) is 6.48. The topological polar surface area (TPSA) is 113 Å². The highest BCUT2D eigenvalue weighted by Crippen LogP contribution is 2.37. The lowest BCUT2D eigenvalue weighted by molar-refractivity contribution is -0.154. The number of carboxylic acid groups (broad SMARTS) is 2. The van der Waals surface area contributed by atoms with Crippen LogP contribution < -0.4 is 4.74 Å². The highest BCUT2D eigenvalue weighted by Gasteiger charge is 2.57. The number of likely N-dealkylation sites (tertiary alicyclic amines) is 1. The molecule has 2 atom stereocenters. The maximum atomic E-state index is 14.0. The standard InChI is InChI=1S/C17H18BrFINO7/c1-16(2,3)28-15(26)21-7-17(14(24)25,6-10(21)13(22)23)27-11-5-8(18)4-9(19)12(11)20/h4-5,10H,6-7H2,1-3H3,(H,22,23)(H,24,25)/t10-,17+/m0/s1. The fraction of sp³-hybridized carbons (Fsp3) is 0.471. The number of carboxylic acids is 2. The van der Waals surface area contributed by atoms with Crippen molar-refractivity contribution in [2.45, 2.75) is 44.4 Å². The Morgan fingerprint density at radius 2 is 1.93 bits per heavy atom. The molecule has 28 heavy (non-hydrogen) atoms. The number of carbonyl (C=O) groups excluding carboxylic acids is 1.